The normalized spacial score (nSPS) is 14.9. The first kappa shape index (κ1) is 16.9. The van der Waals surface area contributed by atoms with Gasteiger partial charge in [0.25, 0.3) is 0 Å². The fourth-order valence-corrected chi connectivity index (χ4v) is 3.47. The van der Waals surface area contributed by atoms with Crippen molar-refractivity contribution >= 4 is 15.8 Å². The largest absolute Gasteiger partial charge is 0.469 e. The highest BCUT2D eigenvalue weighted by Crippen LogP contribution is 2.31. The van der Waals surface area contributed by atoms with Crippen LogP contribution in [-0.4, -0.2) is 32.5 Å². The summed E-state index contributed by atoms with van der Waals surface area (Å²) >= 11 is 0. The van der Waals surface area contributed by atoms with Gasteiger partial charge >= 0.3 is 5.97 Å². The molecule has 0 saturated heterocycles. The average Bonchev–Trinajstić information content (AvgIpc) is 2.26. The van der Waals surface area contributed by atoms with E-state index in [1.54, 1.807) is 13.8 Å². The molecule has 0 rings (SSSR count). The molecular formula is C12H21NO4S. The highest BCUT2D eigenvalue weighted by Gasteiger charge is 2.43. The van der Waals surface area contributed by atoms with Crippen LogP contribution in [0.5, 0.6) is 0 Å². The molecule has 0 aromatic heterocycles. The molecule has 0 fully saturated rings. The molecule has 6 heteroatoms. The minimum atomic E-state index is -3.46. The van der Waals surface area contributed by atoms with E-state index >= 15 is 0 Å². The number of nitrogens with zero attached hydrogens (tertiary/aromatic N) is 1. The molecule has 0 spiro atoms. The van der Waals surface area contributed by atoms with Crippen LogP contribution in [0.4, 0.5) is 0 Å². The number of unbranched alkanes of at least 4 members (excludes halogenated alkanes) is 1. The van der Waals surface area contributed by atoms with Gasteiger partial charge in [-0.1, -0.05) is 20.3 Å². The molecular weight excluding hydrogens is 254 g/mol. The number of carbonyl (C=O) groups is 1. The number of hydrogen-bond acceptors (Lipinski definition) is 5. The van der Waals surface area contributed by atoms with Gasteiger partial charge in [0.2, 0.25) is 0 Å². The van der Waals surface area contributed by atoms with Gasteiger partial charge in [-0.25, -0.2) is 8.42 Å². The fraction of sp³-hybridized carbons (Fsp3) is 0.833. The lowest BCUT2D eigenvalue weighted by Crippen LogP contribution is -2.41. The van der Waals surface area contributed by atoms with Crippen LogP contribution < -0.4 is 0 Å². The van der Waals surface area contributed by atoms with Crippen LogP contribution in [0, 0.1) is 17.2 Å². The molecule has 0 radical (unpaired) electrons. The number of methoxy groups -OCH3 is 1. The van der Waals surface area contributed by atoms with Gasteiger partial charge in [-0.3, -0.25) is 4.79 Å². The van der Waals surface area contributed by atoms with Crippen LogP contribution in [-0.2, 0) is 19.4 Å². The Balaban J connectivity index is 4.67. The maximum Gasteiger partial charge on any atom is 0.305 e. The topological polar surface area (TPSA) is 84.2 Å². The highest BCUT2D eigenvalue weighted by atomic mass is 32.2. The molecule has 1 unspecified atom stereocenters. The maximum atomic E-state index is 11.8. The summed E-state index contributed by atoms with van der Waals surface area (Å²) in [4.78, 5) is 10.9. The summed E-state index contributed by atoms with van der Waals surface area (Å²) in [5.74, 6) is -0.600. The molecule has 0 bridgehead atoms. The third-order valence-electron chi connectivity index (χ3n) is 3.19. The number of hydrogen-bond donors (Lipinski definition) is 0. The predicted molar refractivity (Wildman–Crippen MR) is 68.5 cm³/mol. The van der Waals surface area contributed by atoms with Gasteiger partial charge in [0.05, 0.1) is 13.2 Å². The van der Waals surface area contributed by atoms with Gasteiger partial charge in [0.15, 0.2) is 14.6 Å². The lowest BCUT2D eigenvalue weighted by molar-refractivity contribution is -0.140. The summed E-state index contributed by atoms with van der Waals surface area (Å²) in [5, 5.41) is 9.22. The first-order valence-electron chi connectivity index (χ1n) is 5.89. The van der Waals surface area contributed by atoms with Crippen molar-refractivity contribution in [1.29, 1.82) is 5.26 Å². The van der Waals surface area contributed by atoms with Crippen LogP contribution >= 0.6 is 0 Å². The van der Waals surface area contributed by atoms with Crippen LogP contribution in [0.25, 0.3) is 0 Å². The number of sulfone groups is 1. The molecule has 104 valence electrons. The molecule has 1 atom stereocenters. The smallest absolute Gasteiger partial charge is 0.305 e. The Morgan fingerprint density at radius 2 is 1.94 bits per heavy atom. The summed E-state index contributed by atoms with van der Waals surface area (Å²) in [6.45, 7) is 3.45. The molecule has 0 heterocycles. The van der Waals surface area contributed by atoms with Crippen molar-refractivity contribution in [3.05, 3.63) is 0 Å². The predicted octanol–water partition coefficient (Wildman–Crippen LogP) is 1.68. The highest BCUT2D eigenvalue weighted by molar-refractivity contribution is 7.92. The second-order valence-corrected chi connectivity index (χ2v) is 6.98. The Bertz CT molecular complexity index is 422. The van der Waals surface area contributed by atoms with Gasteiger partial charge in [-0.05, 0) is 18.8 Å². The monoisotopic (exact) mass is 275 g/mol. The third-order valence-corrected chi connectivity index (χ3v) is 5.28. The number of nitriles is 1. The lowest BCUT2D eigenvalue weighted by atomic mass is 9.90. The lowest BCUT2D eigenvalue weighted by Gasteiger charge is -2.28. The molecule has 0 aliphatic heterocycles. The van der Waals surface area contributed by atoms with Gasteiger partial charge in [0.1, 0.15) is 0 Å². The summed E-state index contributed by atoms with van der Waals surface area (Å²) < 4.78 is 26.7. The fourth-order valence-electron chi connectivity index (χ4n) is 1.93. The summed E-state index contributed by atoms with van der Waals surface area (Å²) in [7, 11) is -2.15. The third kappa shape index (κ3) is 3.98. The van der Waals surface area contributed by atoms with Crippen molar-refractivity contribution in [2.24, 2.45) is 5.92 Å². The summed E-state index contributed by atoms with van der Waals surface area (Å²) in [5.41, 5.74) is 0. The minimum Gasteiger partial charge on any atom is -0.469 e. The van der Waals surface area contributed by atoms with Gasteiger partial charge in [-0.2, -0.15) is 5.26 Å². The molecule has 5 nitrogen and oxygen atoms in total. The first-order chi connectivity index (χ1) is 8.21. The van der Waals surface area contributed by atoms with Crippen molar-refractivity contribution in [3.8, 4) is 6.07 Å². The van der Waals surface area contributed by atoms with E-state index in [1.165, 1.54) is 7.11 Å². The SMILES string of the molecule is COC(=O)CCCCC(C#N)(C(C)C)S(C)(=O)=O. The van der Waals surface area contributed by atoms with E-state index in [9.17, 15) is 18.5 Å². The van der Waals surface area contributed by atoms with E-state index in [2.05, 4.69) is 4.74 Å². The molecule has 0 N–H and O–H groups in total. The van der Waals surface area contributed by atoms with E-state index in [1.807, 2.05) is 6.07 Å². The average molecular weight is 275 g/mol. The molecule has 0 aromatic rings. The van der Waals surface area contributed by atoms with Crippen molar-refractivity contribution in [2.75, 3.05) is 13.4 Å². The zero-order chi connectivity index (χ0) is 14.4. The molecule has 0 aliphatic rings. The van der Waals surface area contributed by atoms with Crippen molar-refractivity contribution < 1.29 is 17.9 Å². The van der Waals surface area contributed by atoms with Crippen LogP contribution in [0.15, 0.2) is 0 Å². The van der Waals surface area contributed by atoms with Crippen LogP contribution in [0.1, 0.15) is 39.5 Å². The Morgan fingerprint density at radius 3 is 2.28 bits per heavy atom. The Labute approximate surface area is 109 Å². The number of ether oxygens (including phenoxy) is 1. The van der Waals surface area contributed by atoms with Crippen LogP contribution in [0.2, 0.25) is 0 Å². The van der Waals surface area contributed by atoms with E-state index in [0.29, 0.717) is 12.8 Å². The van der Waals surface area contributed by atoms with E-state index in [0.717, 1.165) is 6.26 Å². The van der Waals surface area contributed by atoms with Gasteiger partial charge < -0.3 is 4.74 Å². The number of rotatable bonds is 7. The van der Waals surface area contributed by atoms with Crippen molar-refractivity contribution in [3.63, 3.8) is 0 Å². The van der Waals surface area contributed by atoms with Gasteiger partial charge in [-0.15, -0.1) is 0 Å². The Hall–Kier alpha value is -1.09. The van der Waals surface area contributed by atoms with E-state index in [-0.39, 0.29) is 24.7 Å². The zero-order valence-corrected chi connectivity index (χ0v) is 12.2. The number of esters is 1. The second kappa shape index (κ2) is 6.74. The summed E-state index contributed by atoms with van der Waals surface area (Å²) in [6.07, 6.45) is 2.62. The molecule has 0 saturated carbocycles. The molecule has 0 aliphatic carbocycles. The maximum absolute atomic E-state index is 11.8. The number of carbonyl (C=O) groups excluding carboxylic acids is 1. The minimum absolute atomic E-state index is 0.247. The zero-order valence-electron chi connectivity index (χ0n) is 11.4. The van der Waals surface area contributed by atoms with Gasteiger partial charge in [0, 0.05) is 12.7 Å². The van der Waals surface area contributed by atoms with Crippen molar-refractivity contribution in [1.82, 2.24) is 0 Å². The Morgan fingerprint density at radius 1 is 1.39 bits per heavy atom. The van der Waals surface area contributed by atoms with Crippen LogP contribution in [0.3, 0.4) is 0 Å². The first-order valence-corrected chi connectivity index (χ1v) is 7.78. The summed E-state index contributed by atoms with van der Waals surface area (Å²) in [6, 6.07) is 1.95. The van der Waals surface area contributed by atoms with Crippen molar-refractivity contribution in [2.45, 2.75) is 44.3 Å². The van der Waals surface area contributed by atoms with E-state index in [4.69, 9.17) is 0 Å². The second-order valence-electron chi connectivity index (χ2n) is 4.71. The molecule has 0 aromatic carbocycles. The molecule has 0 amide bonds. The van der Waals surface area contributed by atoms with E-state index < -0.39 is 14.6 Å². The molecule has 18 heavy (non-hydrogen) atoms. The quantitative estimate of drug-likeness (QED) is 0.521. The Kier molecular flexibility index (Phi) is 6.33. The standard InChI is InChI=1S/C12H21NO4S/c1-10(2)12(9-13,18(4,15)16)8-6-5-7-11(14)17-3/h10H,5-8H2,1-4H3.